The van der Waals surface area contributed by atoms with Crippen molar-refractivity contribution in [3.05, 3.63) is 40.3 Å². The van der Waals surface area contributed by atoms with E-state index in [0.717, 1.165) is 30.3 Å². The van der Waals surface area contributed by atoms with Gasteiger partial charge in [-0.3, -0.25) is 4.79 Å². The van der Waals surface area contributed by atoms with E-state index in [4.69, 9.17) is 10.4 Å². The molecular formula is C21H19N7O2S. The van der Waals surface area contributed by atoms with Gasteiger partial charge in [-0.1, -0.05) is 19.1 Å². The quantitative estimate of drug-likeness (QED) is 0.503. The molecular weight excluding hydrogens is 414 g/mol. The third-order valence-corrected chi connectivity index (χ3v) is 6.73. The molecule has 1 atom stereocenters. The van der Waals surface area contributed by atoms with E-state index in [0.29, 0.717) is 27.8 Å². The Labute approximate surface area is 181 Å². The first-order valence-electron chi connectivity index (χ1n) is 9.93. The fourth-order valence-electron chi connectivity index (χ4n) is 4.03. The number of nitrogens with one attached hydrogen (secondary N) is 1. The monoisotopic (exact) mass is 433 g/mol. The molecule has 0 bridgehead atoms. The number of amides is 1. The molecule has 0 fully saturated rings. The van der Waals surface area contributed by atoms with Crippen molar-refractivity contribution >= 4 is 39.1 Å². The number of fused-ring (bicyclic) bond motifs is 2. The van der Waals surface area contributed by atoms with E-state index in [2.05, 4.69) is 33.6 Å². The minimum Gasteiger partial charge on any atom is -0.379 e. The number of thiophene rings is 1. The second-order valence-corrected chi connectivity index (χ2v) is 8.83. The first-order valence-corrected chi connectivity index (χ1v) is 10.7. The van der Waals surface area contributed by atoms with Gasteiger partial charge in [-0.05, 0) is 53.2 Å². The minimum atomic E-state index is -0.262. The molecule has 4 aromatic rings. The summed E-state index contributed by atoms with van der Waals surface area (Å²) in [6, 6.07) is 9.73. The molecule has 0 saturated heterocycles. The van der Waals surface area contributed by atoms with Gasteiger partial charge in [0.05, 0.1) is 16.6 Å². The standard InChI is InChI=1S/C21H19N7O2S/c1-11-6-7-12-13(9-22)21(31-16(12)8-11)25-17(29)10-28-15-5-3-2-4-14(15)24-20(28)18-19(23)27-30-26-18/h2-5,11H,6-8,10H2,1H3,(H2,23,27)(H,25,29)/t11-/m1/s1. The van der Waals surface area contributed by atoms with Gasteiger partial charge in [0.1, 0.15) is 17.6 Å². The van der Waals surface area contributed by atoms with E-state index in [9.17, 15) is 10.1 Å². The fourth-order valence-corrected chi connectivity index (χ4v) is 5.41. The summed E-state index contributed by atoms with van der Waals surface area (Å²) < 4.78 is 6.45. The average Bonchev–Trinajstić information content (AvgIpc) is 3.42. The highest BCUT2D eigenvalue weighted by atomic mass is 32.1. The molecule has 5 rings (SSSR count). The topological polar surface area (TPSA) is 136 Å². The maximum absolute atomic E-state index is 13.0. The van der Waals surface area contributed by atoms with Crippen molar-refractivity contribution in [2.75, 3.05) is 11.1 Å². The van der Waals surface area contributed by atoms with Crippen LogP contribution in [0.3, 0.4) is 0 Å². The largest absolute Gasteiger partial charge is 0.379 e. The number of rotatable bonds is 4. The molecule has 3 aromatic heterocycles. The molecule has 0 aliphatic heterocycles. The Kier molecular flexibility index (Phi) is 4.67. The Balaban J connectivity index is 1.48. The highest BCUT2D eigenvalue weighted by molar-refractivity contribution is 7.16. The molecule has 156 valence electrons. The van der Waals surface area contributed by atoms with Crippen LogP contribution in [0.1, 0.15) is 29.3 Å². The summed E-state index contributed by atoms with van der Waals surface area (Å²) in [5.41, 5.74) is 9.27. The third-order valence-electron chi connectivity index (χ3n) is 5.56. The Morgan fingerprint density at radius 1 is 1.42 bits per heavy atom. The highest BCUT2D eigenvalue weighted by Crippen LogP contribution is 2.39. The second-order valence-electron chi connectivity index (χ2n) is 7.72. The molecule has 0 spiro atoms. The Hall–Kier alpha value is -3.71. The van der Waals surface area contributed by atoms with Crippen LogP contribution in [0.4, 0.5) is 10.8 Å². The van der Waals surface area contributed by atoms with Gasteiger partial charge in [-0.25, -0.2) is 9.61 Å². The number of carbonyl (C=O) groups excluding carboxylic acids is 1. The first kappa shape index (κ1) is 19.3. The van der Waals surface area contributed by atoms with Crippen LogP contribution in [-0.4, -0.2) is 25.8 Å². The lowest BCUT2D eigenvalue weighted by Gasteiger charge is -2.17. The van der Waals surface area contributed by atoms with Crippen LogP contribution in [0.15, 0.2) is 28.9 Å². The van der Waals surface area contributed by atoms with Gasteiger partial charge in [0.2, 0.25) is 5.91 Å². The maximum Gasteiger partial charge on any atom is 0.245 e. The van der Waals surface area contributed by atoms with Crippen molar-refractivity contribution in [1.29, 1.82) is 5.26 Å². The van der Waals surface area contributed by atoms with E-state index in [1.165, 1.54) is 16.2 Å². The van der Waals surface area contributed by atoms with Crippen LogP contribution < -0.4 is 11.1 Å². The Morgan fingerprint density at radius 2 is 2.26 bits per heavy atom. The van der Waals surface area contributed by atoms with Crippen molar-refractivity contribution in [3.63, 3.8) is 0 Å². The van der Waals surface area contributed by atoms with Crippen molar-refractivity contribution in [1.82, 2.24) is 19.9 Å². The molecule has 0 unspecified atom stereocenters. The van der Waals surface area contributed by atoms with Crippen molar-refractivity contribution in [2.45, 2.75) is 32.7 Å². The van der Waals surface area contributed by atoms with Crippen LogP contribution in [0.25, 0.3) is 22.6 Å². The number of nitrogen functional groups attached to an aromatic ring is 1. The van der Waals surface area contributed by atoms with Crippen molar-refractivity contribution in [3.8, 4) is 17.6 Å². The van der Waals surface area contributed by atoms with Gasteiger partial charge in [0.25, 0.3) is 0 Å². The molecule has 3 heterocycles. The molecule has 0 saturated carbocycles. The number of anilines is 2. The number of aromatic nitrogens is 4. The lowest BCUT2D eigenvalue weighted by Crippen LogP contribution is -2.19. The minimum absolute atomic E-state index is 0.0218. The van der Waals surface area contributed by atoms with E-state index >= 15 is 0 Å². The number of imidazole rings is 1. The lowest BCUT2D eigenvalue weighted by molar-refractivity contribution is -0.116. The van der Waals surface area contributed by atoms with Gasteiger partial charge in [0, 0.05) is 4.88 Å². The lowest BCUT2D eigenvalue weighted by atomic mass is 9.89. The van der Waals surface area contributed by atoms with E-state index in [1.807, 2.05) is 24.3 Å². The zero-order valence-corrected chi connectivity index (χ0v) is 17.6. The van der Waals surface area contributed by atoms with Gasteiger partial charge in [-0.15, -0.1) is 11.3 Å². The van der Waals surface area contributed by atoms with Crippen LogP contribution in [0.2, 0.25) is 0 Å². The summed E-state index contributed by atoms with van der Waals surface area (Å²) in [6.07, 6.45) is 2.88. The van der Waals surface area contributed by atoms with Crippen molar-refractivity contribution in [2.24, 2.45) is 5.92 Å². The number of nitriles is 1. The molecule has 1 aromatic carbocycles. The molecule has 3 N–H and O–H groups in total. The number of carbonyl (C=O) groups is 1. The molecule has 31 heavy (non-hydrogen) atoms. The zero-order valence-electron chi connectivity index (χ0n) is 16.8. The van der Waals surface area contributed by atoms with E-state index in [-0.39, 0.29) is 24.0 Å². The molecule has 0 radical (unpaired) electrons. The Bertz CT molecular complexity index is 1340. The number of nitrogens with zero attached hydrogens (tertiary/aromatic N) is 5. The normalized spacial score (nSPS) is 15.5. The number of hydrogen-bond donors (Lipinski definition) is 2. The molecule has 9 nitrogen and oxygen atoms in total. The predicted molar refractivity (Wildman–Crippen MR) is 116 cm³/mol. The summed E-state index contributed by atoms with van der Waals surface area (Å²) in [4.78, 5) is 18.8. The summed E-state index contributed by atoms with van der Waals surface area (Å²) >= 11 is 1.50. The number of nitrogens with two attached hydrogens (primary N) is 1. The first-order chi connectivity index (χ1) is 15.0. The third kappa shape index (κ3) is 3.33. The summed E-state index contributed by atoms with van der Waals surface area (Å²) in [5, 5.41) is 20.7. The van der Waals surface area contributed by atoms with E-state index in [1.54, 1.807) is 4.57 Å². The highest BCUT2D eigenvalue weighted by Gasteiger charge is 2.26. The smallest absolute Gasteiger partial charge is 0.245 e. The van der Waals surface area contributed by atoms with E-state index < -0.39 is 0 Å². The van der Waals surface area contributed by atoms with Crippen LogP contribution >= 0.6 is 11.3 Å². The number of benzene rings is 1. The Morgan fingerprint density at radius 3 is 3.03 bits per heavy atom. The molecule has 1 amide bonds. The maximum atomic E-state index is 13.0. The second kappa shape index (κ2) is 7.52. The van der Waals surface area contributed by atoms with Crippen molar-refractivity contribution < 1.29 is 9.42 Å². The summed E-state index contributed by atoms with van der Waals surface area (Å²) in [7, 11) is 0. The van der Waals surface area contributed by atoms with Gasteiger partial charge >= 0.3 is 0 Å². The fraction of sp³-hybridized carbons (Fsp3) is 0.286. The number of para-hydroxylation sites is 2. The molecule has 10 heteroatoms. The zero-order chi connectivity index (χ0) is 21.5. The van der Waals surface area contributed by atoms with Crippen LogP contribution in [0, 0.1) is 17.2 Å². The SMILES string of the molecule is C[C@@H]1CCc2c(sc(NC(=O)Cn3c(-c4nonc4N)nc4ccccc43)c2C#N)C1. The predicted octanol–water partition coefficient (Wildman–Crippen LogP) is 3.37. The van der Waals surface area contributed by atoms with Crippen LogP contribution in [-0.2, 0) is 24.2 Å². The summed E-state index contributed by atoms with van der Waals surface area (Å²) in [6.45, 7) is 2.19. The van der Waals surface area contributed by atoms with Gasteiger partial charge in [0.15, 0.2) is 17.3 Å². The van der Waals surface area contributed by atoms with Gasteiger partial charge in [-0.2, -0.15) is 5.26 Å². The summed E-state index contributed by atoms with van der Waals surface area (Å²) in [5.74, 6) is 0.823. The number of hydrogen-bond acceptors (Lipinski definition) is 8. The molecule has 1 aliphatic carbocycles. The van der Waals surface area contributed by atoms with Crippen LogP contribution in [0.5, 0.6) is 0 Å². The average molecular weight is 433 g/mol. The molecule has 1 aliphatic rings. The van der Waals surface area contributed by atoms with Gasteiger partial charge < -0.3 is 15.6 Å².